The summed E-state index contributed by atoms with van der Waals surface area (Å²) < 4.78 is 34.7. The fourth-order valence-corrected chi connectivity index (χ4v) is 2.31. The molecule has 5 nitrogen and oxygen atoms in total. The quantitative estimate of drug-likeness (QED) is 0.355. The second-order valence-electron chi connectivity index (χ2n) is 5.41. The number of benzene rings is 2. The Hall–Kier alpha value is -1.94. The van der Waals surface area contributed by atoms with Gasteiger partial charge >= 0.3 is 6.61 Å². The summed E-state index contributed by atoms with van der Waals surface area (Å²) in [6.45, 7) is -0.473. The first-order valence-corrected chi connectivity index (χ1v) is 7.67. The maximum atomic E-state index is 12.5. The maximum absolute atomic E-state index is 12.5. The third-order valence-electron chi connectivity index (χ3n) is 3.43. The molecule has 2 rings (SSSR count). The third kappa shape index (κ3) is 6.75. The fraction of sp³-hybridized carbons (Fsp3) is 0.278. The van der Waals surface area contributed by atoms with E-state index in [0.717, 1.165) is 16.8 Å². The molecule has 0 unspecified atom stereocenters. The molecule has 3 N–H and O–H groups in total. The van der Waals surface area contributed by atoms with E-state index in [9.17, 15) is 8.78 Å². The highest BCUT2D eigenvalue weighted by Crippen LogP contribution is 2.23. The van der Waals surface area contributed by atoms with Crippen molar-refractivity contribution in [3.05, 3.63) is 59.2 Å². The van der Waals surface area contributed by atoms with Crippen LogP contribution in [0.25, 0.3) is 0 Å². The minimum atomic E-state index is -2.89. The van der Waals surface area contributed by atoms with E-state index in [4.69, 9.17) is 10.5 Å². The van der Waals surface area contributed by atoms with Gasteiger partial charge < -0.3 is 20.5 Å². The van der Waals surface area contributed by atoms with Crippen LogP contribution < -0.4 is 15.8 Å². The summed E-state index contributed by atoms with van der Waals surface area (Å²) in [5.41, 5.74) is 9.08. The molecule has 0 bridgehead atoms. The number of hydrogen-bond donors (Lipinski definition) is 2. The summed E-state index contributed by atoms with van der Waals surface area (Å²) in [6, 6.07) is 12.5. The second kappa shape index (κ2) is 10.9. The molecule has 0 aliphatic rings. The van der Waals surface area contributed by atoms with Crippen LogP contribution in [0.2, 0.25) is 0 Å². The van der Waals surface area contributed by atoms with Gasteiger partial charge in [0, 0.05) is 23.9 Å². The van der Waals surface area contributed by atoms with Crippen LogP contribution in [0.1, 0.15) is 16.7 Å². The average molecular weight is 477 g/mol. The van der Waals surface area contributed by atoms with Gasteiger partial charge in [-0.2, -0.15) is 8.78 Å². The lowest BCUT2D eigenvalue weighted by atomic mass is 10.1. The maximum Gasteiger partial charge on any atom is 0.387 e. The summed E-state index contributed by atoms with van der Waals surface area (Å²) in [4.78, 5) is 4.22. The number of rotatable bonds is 7. The minimum absolute atomic E-state index is 0. The first kappa shape index (κ1) is 22.1. The largest absolute Gasteiger partial charge is 0.434 e. The van der Waals surface area contributed by atoms with Crippen LogP contribution in [-0.4, -0.2) is 19.7 Å². The number of guanidine groups is 1. The molecular weight excluding hydrogens is 455 g/mol. The van der Waals surface area contributed by atoms with Gasteiger partial charge in [0.2, 0.25) is 0 Å². The zero-order chi connectivity index (χ0) is 18.2. The molecule has 2 aromatic rings. The van der Waals surface area contributed by atoms with Gasteiger partial charge in [0.1, 0.15) is 5.75 Å². The SMILES string of the molecule is COCc1ccccc1NC(N)=NCc1cc(C)ccc1OC(F)F.I. The molecule has 0 aromatic heterocycles. The summed E-state index contributed by atoms with van der Waals surface area (Å²) in [5.74, 6) is 0.269. The minimum Gasteiger partial charge on any atom is -0.434 e. The number of hydrogen-bond acceptors (Lipinski definition) is 3. The number of alkyl halides is 2. The lowest BCUT2D eigenvalue weighted by Gasteiger charge is -2.12. The molecule has 26 heavy (non-hydrogen) atoms. The van der Waals surface area contributed by atoms with Gasteiger partial charge in [0.15, 0.2) is 5.96 Å². The number of halogens is 3. The van der Waals surface area contributed by atoms with Gasteiger partial charge in [-0.25, -0.2) is 4.99 Å². The number of para-hydroxylation sites is 1. The van der Waals surface area contributed by atoms with Crippen LogP contribution in [-0.2, 0) is 17.9 Å². The van der Waals surface area contributed by atoms with Crippen molar-refractivity contribution < 1.29 is 18.3 Å². The van der Waals surface area contributed by atoms with E-state index in [-0.39, 0.29) is 42.2 Å². The molecule has 0 atom stereocenters. The smallest absolute Gasteiger partial charge is 0.387 e. The standard InChI is InChI=1S/C18H21F2N3O2.HI/c1-12-7-8-16(25-17(19)20)14(9-12)10-22-18(21)23-15-6-4-3-5-13(15)11-24-2;/h3-9,17H,10-11H2,1-2H3,(H3,21,22,23);1H. The Bertz CT molecular complexity index is 742. The number of nitrogens with one attached hydrogen (secondary N) is 1. The highest BCUT2D eigenvalue weighted by Gasteiger charge is 2.10. The van der Waals surface area contributed by atoms with E-state index < -0.39 is 6.61 Å². The molecule has 8 heteroatoms. The highest BCUT2D eigenvalue weighted by molar-refractivity contribution is 14.0. The first-order valence-electron chi connectivity index (χ1n) is 7.67. The average Bonchev–Trinajstić information content (AvgIpc) is 2.57. The van der Waals surface area contributed by atoms with E-state index in [2.05, 4.69) is 15.0 Å². The zero-order valence-electron chi connectivity index (χ0n) is 14.5. The fourth-order valence-electron chi connectivity index (χ4n) is 2.31. The number of aliphatic imine (C=N–C) groups is 1. The Kier molecular flexibility index (Phi) is 9.28. The van der Waals surface area contributed by atoms with E-state index >= 15 is 0 Å². The molecule has 0 radical (unpaired) electrons. The predicted molar refractivity (Wildman–Crippen MR) is 109 cm³/mol. The van der Waals surface area contributed by atoms with E-state index in [0.29, 0.717) is 12.2 Å². The van der Waals surface area contributed by atoms with Crippen LogP contribution in [0.15, 0.2) is 47.5 Å². The highest BCUT2D eigenvalue weighted by atomic mass is 127. The summed E-state index contributed by atoms with van der Waals surface area (Å²) >= 11 is 0. The van der Waals surface area contributed by atoms with Gasteiger partial charge in [-0.1, -0.05) is 35.9 Å². The van der Waals surface area contributed by atoms with Crippen molar-refractivity contribution in [1.82, 2.24) is 0 Å². The van der Waals surface area contributed by atoms with Crippen LogP contribution >= 0.6 is 24.0 Å². The lowest BCUT2D eigenvalue weighted by molar-refractivity contribution is -0.0504. The molecule has 0 saturated heterocycles. The molecule has 0 amide bonds. The molecular formula is C18H22F2IN3O2. The number of aryl methyl sites for hydroxylation is 1. The van der Waals surface area contributed by atoms with E-state index in [1.165, 1.54) is 6.07 Å². The summed E-state index contributed by atoms with van der Waals surface area (Å²) in [5, 5.41) is 3.00. The number of nitrogens with zero attached hydrogens (tertiary/aromatic N) is 1. The number of ether oxygens (including phenoxy) is 2. The first-order chi connectivity index (χ1) is 12.0. The van der Waals surface area contributed by atoms with Gasteiger partial charge in [-0.3, -0.25) is 0 Å². The van der Waals surface area contributed by atoms with Crippen LogP contribution in [0, 0.1) is 6.92 Å². The normalized spacial score (nSPS) is 11.2. The number of methoxy groups -OCH3 is 1. The topological polar surface area (TPSA) is 68.9 Å². The van der Waals surface area contributed by atoms with Gasteiger partial charge in [-0.05, 0) is 19.1 Å². The van der Waals surface area contributed by atoms with Crippen molar-refractivity contribution in [3.63, 3.8) is 0 Å². The summed E-state index contributed by atoms with van der Waals surface area (Å²) in [7, 11) is 1.61. The van der Waals surface area contributed by atoms with Crippen LogP contribution in [0.5, 0.6) is 5.75 Å². The molecule has 0 fully saturated rings. The zero-order valence-corrected chi connectivity index (χ0v) is 16.9. The van der Waals surface area contributed by atoms with Crippen molar-refractivity contribution in [2.75, 3.05) is 12.4 Å². The van der Waals surface area contributed by atoms with Gasteiger partial charge in [-0.15, -0.1) is 24.0 Å². The van der Waals surface area contributed by atoms with Crippen molar-refractivity contribution >= 4 is 35.6 Å². The van der Waals surface area contributed by atoms with Crippen LogP contribution in [0.4, 0.5) is 14.5 Å². The van der Waals surface area contributed by atoms with Crippen molar-refractivity contribution in [2.24, 2.45) is 10.7 Å². The molecule has 0 spiro atoms. The van der Waals surface area contributed by atoms with Gasteiger partial charge in [0.25, 0.3) is 0 Å². The number of anilines is 1. The second-order valence-corrected chi connectivity index (χ2v) is 5.41. The Morgan fingerprint density at radius 2 is 1.92 bits per heavy atom. The Morgan fingerprint density at radius 1 is 1.19 bits per heavy atom. The number of nitrogens with two attached hydrogens (primary N) is 1. The van der Waals surface area contributed by atoms with E-state index in [1.54, 1.807) is 19.2 Å². The molecule has 0 heterocycles. The Morgan fingerprint density at radius 3 is 2.62 bits per heavy atom. The molecule has 2 aromatic carbocycles. The van der Waals surface area contributed by atoms with E-state index in [1.807, 2.05) is 31.2 Å². The third-order valence-corrected chi connectivity index (χ3v) is 3.43. The Balaban J connectivity index is 0.00000338. The molecule has 0 aliphatic carbocycles. The lowest BCUT2D eigenvalue weighted by Crippen LogP contribution is -2.23. The Labute approximate surface area is 168 Å². The van der Waals surface area contributed by atoms with Crippen molar-refractivity contribution in [2.45, 2.75) is 26.7 Å². The molecule has 0 aliphatic heterocycles. The summed E-state index contributed by atoms with van der Waals surface area (Å²) in [6.07, 6.45) is 0. The molecule has 0 saturated carbocycles. The monoisotopic (exact) mass is 477 g/mol. The van der Waals surface area contributed by atoms with Gasteiger partial charge in [0.05, 0.1) is 13.2 Å². The van der Waals surface area contributed by atoms with Crippen molar-refractivity contribution in [1.29, 1.82) is 0 Å². The predicted octanol–water partition coefficient (Wildman–Crippen LogP) is 4.29. The van der Waals surface area contributed by atoms with Crippen LogP contribution in [0.3, 0.4) is 0 Å². The van der Waals surface area contributed by atoms with Crippen molar-refractivity contribution in [3.8, 4) is 5.75 Å². The molecule has 142 valence electrons.